The van der Waals surface area contributed by atoms with Gasteiger partial charge in [-0.3, -0.25) is 4.79 Å². The van der Waals surface area contributed by atoms with Crippen LogP contribution in [0.25, 0.3) is 0 Å². The van der Waals surface area contributed by atoms with Crippen molar-refractivity contribution in [1.82, 2.24) is 10.6 Å². The van der Waals surface area contributed by atoms with Gasteiger partial charge in [-0.25, -0.2) is 9.59 Å². The smallest absolute Gasteiger partial charge is 0.326 e. The SMILES string of the molecule is COC(=O)CC[C@H](NC(=O)NCCN)C(=O)O. The molecule has 8 heteroatoms. The average Bonchev–Trinajstić information content (AvgIpc) is 2.30. The number of hydrogen-bond acceptors (Lipinski definition) is 5. The Kier molecular flexibility index (Phi) is 7.44. The van der Waals surface area contributed by atoms with Crippen LogP contribution in [-0.2, 0) is 14.3 Å². The Morgan fingerprint density at radius 2 is 2.06 bits per heavy atom. The van der Waals surface area contributed by atoms with Gasteiger partial charge >= 0.3 is 18.0 Å². The minimum Gasteiger partial charge on any atom is -0.480 e. The first-order chi connectivity index (χ1) is 8.01. The van der Waals surface area contributed by atoms with E-state index in [0.29, 0.717) is 0 Å². The standard InChI is InChI=1S/C9H17N3O5/c1-17-7(13)3-2-6(8(14)15)12-9(16)11-5-4-10/h6H,2-5,10H2,1H3,(H,14,15)(H2,11,12,16)/t6-/m0/s1. The van der Waals surface area contributed by atoms with Gasteiger partial charge < -0.3 is 26.2 Å². The second-order valence-electron chi connectivity index (χ2n) is 3.19. The lowest BCUT2D eigenvalue weighted by Crippen LogP contribution is -2.47. The van der Waals surface area contributed by atoms with Crippen molar-refractivity contribution >= 4 is 18.0 Å². The van der Waals surface area contributed by atoms with Crippen LogP contribution in [-0.4, -0.2) is 49.3 Å². The monoisotopic (exact) mass is 247 g/mol. The number of nitrogens with one attached hydrogen (secondary N) is 2. The molecule has 8 nitrogen and oxygen atoms in total. The molecule has 0 spiro atoms. The van der Waals surface area contributed by atoms with E-state index in [4.69, 9.17) is 10.8 Å². The molecule has 0 radical (unpaired) electrons. The molecule has 98 valence electrons. The maximum absolute atomic E-state index is 11.2. The molecular weight excluding hydrogens is 230 g/mol. The summed E-state index contributed by atoms with van der Waals surface area (Å²) in [5.74, 6) is -1.74. The molecule has 0 heterocycles. The van der Waals surface area contributed by atoms with Crippen LogP contribution >= 0.6 is 0 Å². The highest BCUT2D eigenvalue weighted by atomic mass is 16.5. The molecule has 0 bridgehead atoms. The summed E-state index contributed by atoms with van der Waals surface area (Å²) in [5.41, 5.74) is 5.16. The van der Waals surface area contributed by atoms with Crippen LogP contribution in [0.1, 0.15) is 12.8 Å². The number of hydrogen-bond donors (Lipinski definition) is 4. The number of ether oxygens (including phenoxy) is 1. The van der Waals surface area contributed by atoms with Gasteiger partial charge in [-0.2, -0.15) is 0 Å². The first-order valence-electron chi connectivity index (χ1n) is 5.05. The van der Waals surface area contributed by atoms with Crippen LogP contribution in [0.4, 0.5) is 4.79 Å². The number of amides is 2. The summed E-state index contributed by atoms with van der Waals surface area (Å²) in [4.78, 5) is 32.8. The fourth-order valence-corrected chi connectivity index (χ4v) is 1.02. The van der Waals surface area contributed by atoms with Crippen LogP contribution in [0.5, 0.6) is 0 Å². The summed E-state index contributed by atoms with van der Waals surface area (Å²) in [6.07, 6.45) is -0.108. The van der Waals surface area contributed by atoms with Crippen molar-refractivity contribution in [2.24, 2.45) is 5.73 Å². The molecule has 2 amide bonds. The third-order valence-corrected chi connectivity index (χ3v) is 1.90. The summed E-state index contributed by atoms with van der Waals surface area (Å²) < 4.78 is 4.37. The van der Waals surface area contributed by atoms with E-state index in [-0.39, 0.29) is 25.9 Å². The fraction of sp³-hybridized carbons (Fsp3) is 0.667. The number of aliphatic carboxylic acids is 1. The quantitative estimate of drug-likeness (QED) is 0.411. The Morgan fingerprint density at radius 3 is 2.53 bits per heavy atom. The van der Waals surface area contributed by atoms with Crippen molar-refractivity contribution in [2.75, 3.05) is 20.2 Å². The summed E-state index contributed by atoms with van der Waals surface area (Å²) in [6.45, 7) is 0.502. The molecular formula is C9H17N3O5. The van der Waals surface area contributed by atoms with Gasteiger partial charge in [-0.15, -0.1) is 0 Å². The Bertz CT molecular complexity index is 282. The first-order valence-corrected chi connectivity index (χ1v) is 5.05. The predicted molar refractivity (Wildman–Crippen MR) is 58.3 cm³/mol. The van der Waals surface area contributed by atoms with E-state index < -0.39 is 24.0 Å². The van der Waals surface area contributed by atoms with Crippen LogP contribution in [0.2, 0.25) is 0 Å². The second-order valence-corrected chi connectivity index (χ2v) is 3.19. The van der Waals surface area contributed by atoms with Crippen molar-refractivity contribution in [3.63, 3.8) is 0 Å². The third kappa shape index (κ3) is 7.12. The largest absolute Gasteiger partial charge is 0.480 e. The Hall–Kier alpha value is -1.83. The molecule has 0 aromatic rings. The van der Waals surface area contributed by atoms with Crippen molar-refractivity contribution in [1.29, 1.82) is 0 Å². The topological polar surface area (TPSA) is 131 Å². The summed E-state index contributed by atoms with van der Waals surface area (Å²) in [7, 11) is 1.21. The fourth-order valence-electron chi connectivity index (χ4n) is 1.02. The van der Waals surface area contributed by atoms with Gasteiger partial charge in [0.05, 0.1) is 7.11 Å². The Balaban J connectivity index is 4.10. The number of nitrogens with two attached hydrogens (primary N) is 1. The van der Waals surface area contributed by atoms with E-state index >= 15 is 0 Å². The van der Waals surface area contributed by atoms with E-state index in [2.05, 4.69) is 15.4 Å². The van der Waals surface area contributed by atoms with Gasteiger partial charge in [-0.05, 0) is 6.42 Å². The highest BCUT2D eigenvalue weighted by Gasteiger charge is 2.20. The van der Waals surface area contributed by atoms with Gasteiger partial charge in [0.1, 0.15) is 6.04 Å². The van der Waals surface area contributed by atoms with E-state index in [9.17, 15) is 14.4 Å². The molecule has 17 heavy (non-hydrogen) atoms. The average molecular weight is 247 g/mol. The van der Waals surface area contributed by atoms with Gasteiger partial charge in [0.2, 0.25) is 0 Å². The van der Waals surface area contributed by atoms with Crippen LogP contribution < -0.4 is 16.4 Å². The summed E-state index contributed by atoms with van der Waals surface area (Å²) >= 11 is 0. The van der Waals surface area contributed by atoms with Crippen LogP contribution in [0.3, 0.4) is 0 Å². The number of carboxylic acid groups (broad SMARTS) is 1. The lowest BCUT2D eigenvalue weighted by Gasteiger charge is -2.14. The number of carboxylic acids is 1. The number of urea groups is 1. The minimum absolute atomic E-state index is 0.0297. The molecule has 0 aliphatic carbocycles. The van der Waals surface area contributed by atoms with E-state index in [1.165, 1.54) is 7.11 Å². The molecule has 0 aromatic carbocycles. The van der Waals surface area contributed by atoms with Crippen molar-refractivity contribution in [2.45, 2.75) is 18.9 Å². The molecule has 0 saturated heterocycles. The molecule has 0 rings (SSSR count). The minimum atomic E-state index is -1.21. The number of carbonyl (C=O) groups excluding carboxylic acids is 2. The molecule has 5 N–H and O–H groups in total. The zero-order valence-corrected chi connectivity index (χ0v) is 9.56. The Morgan fingerprint density at radius 1 is 1.41 bits per heavy atom. The lowest BCUT2D eigenvalue weighted by molar-refractivity contribution is -0.142. The first kappa shape index (κ1) is 15.2. The highest BCUT2D eigenvalue weighted by molar-refractivity contribution is 5.83. The van der Waals surface area contributed by atoms with Crippen LogP contribution in [0.15, 0.2) is 0 Å². The van der Waals surface area contributed by atoms with E-state index in [0.717, 1.165) is 0 Å². The molecule has 0 aliphatic heterocycles. The zero-order valence-electron chi connectivity index (χ0n) is 9.56. The van der Waals surface area contributed by atoms with E-state index in [1.54, 1.807) is 0 Å². The van der Waals surface area contributed by atoms with Gasteiger partial charge in [-0.1, -0.05) is 0 Å². The van der Waals surface area contributed by atoms with Crippen molar-refractivity contribution in [3.8, 4) is 0 Å². The van der Waals surface area contributed by atoms with Gasteiger partial charge in [0, 0.05) is 19.5 Å². The number of methoxy groups -OCH3 is 1. The van der Waals surface area contributed by atoms with E-state index in [1.807, 2.05) is 0 Å². The zero-order chi connectivity index (χ0) is 13.3. The number of esters is 1. The Labute approximate surface area is 98.5 Å². The normalized spacial score (nSPS) is 11.4. The van der Waals surface area contributed by atoms with Gasteiger partial charge in [0.25, 0.3) is 0 Å². The van der Waals surface area contributed by atoms with Gasteiger partial charge in [0.15, 0.2) is 0 Å². The second kappa shape index (κ2) is 8.34. The molecule has 0 saturated carbocycles. The maximum Gasteiger partial charge on any atom is 0.326 e. The maximum atomic E-state index is 11.2. The third-order valence-electron chi connectivity index (χ3n) is 1.90. The lowest BCUT2D eigenvalue weighted by atomic mass is 10.1. The number of carbonyl (C=O) groups is 3. The molecule has 0 aromatic heterocycles. The molecule has 0 unspecified atom stereocenters. The van der Waals surface area contributed by atoms with Crippen LogP contribution in [0, 0.1) is 0 Å². The predicted octanol–water partition coefficient (Wildman–Crippen LogP) is -1.35. The molecule has 0 fully saturated rings. The summed E-state index contributed by atoms with van der Waals surface area (Å²) in [6, 6.07) is -1.76. The molecule has 1 atom stereocenters. The number of rotatable bonds is 7. The summed E-state index contributed by atoms with van der Waals surface area (Å²) in [5, 5.41) is 13.4. The van der Waals surface area contributed by atoms with Crippen molar-refractivity contribution < 1.29 is 24.2 Å². The molecule has 0 aliphatic rings. The highest BCUT2D eigenvalue weighted by Crippen LogP contribution is 1.99. The van der Waals surface area contributed by atoms with Crippen molar-refractivity contribution in [3.05, 3.63) is 0 Å².